The Morgan fingerprint density at radius 1 is 0.968 bits per heavy atom. The number of hydrogen-bond acceptors (Lipinski definition) is 7. The maximum atomic E-state index is 12.5. The van der Waals surface area contributed by atoms with Crippen LogP contribution in [0.3, 0.4) is 0 Å². The summed E-state index contributed by atoms with van der Waals surface area (Å²) >= 11 is 1.47. The van der Waals surface area contributed by atoms with Crippen molar-refractivity contribution >= 4 is 54.6 Å². The predicted octanol–water partition coefficient (Wildman–Crippen LogP) is 1.91. The molecule has 10 heteroatoms. The first kappa shape index (κ1) is 19.3. The van der Waals surface area contributed by atoms with Gasteiger partial charge in [0.25, 0.3) is 15.9 Å². The van der Waals surface area contributed by atoms with Crippen LogP contribution in [0.15, 0.2) is 76.2 Å². The molecule has 0 bridgehead atoms. The highest BCUT2D eigenvalue weighted by Crippen LogP contribution is 2.18. The first-order valence-corrected chi connectivity index (χ1v) is 11.6. The molecule has 5 rings (SSSR count). The molecule has 1 aliphatic rings. The molecule has 0 radical (unpaired) electrons. The van der Waals surface area contributed by atoms with Crippen LogP contribution in [0.4, 0.5) is 11.5 Å². The van der Waals surface area contributed by atoms with Crippen LogP contribution in [0.25, 0.3) is 15.8 Å². The van der Waals surface area contributed by atoms with Gasteiger partial charge >= 0.3 is 0 Å². The lowest BCUT2D eigenvalue weighted by Gasteiger charge is -2.09. The Bertz CT molecular complexity index is 1530. The van der Waals surface area contributed by atoms with Gasteiger partial charge in [0, 0.05) is 29.2 Å². The van der Waals surface area contributed by atoms with Crippen molar-refractivity contribution < 1.29 is 13.2 Å². The lowest BCUT2D eigenvalue weighted by Crippen LogP contribution is -2.25. The molecule has 8 nitrogen and oxygen atoms in total. The Labute approximate surface area is 181 Å². The van der Waals surface area contributed by atoms with E-state index in [4.69, 9.17) is 0 Å². The van der Waals surface area contributed by atoms with Crippen molar-refractivity contribution in [2.24, 2.45) is 4.99 Å². The molecule has 0 aliphatic carbocycles. The monoisotopic (exact) mass is 449 g/mol. The molecule has 2 aromatic heterocycles. The summed E-state index contributed by atoms with van der Waals surface area (Å²) in [4.78, 5) is 24.9. The van der Waals surface area contributed by atoms with Crippen molar-refractivity contribution in [3.05, 3.63) is 76.9 Å². The van der Waals surface area contributed by atoms with Gasteiger partial charge in [0.05, 0.1) is 26.0 Å². The van der Waals surface area contributed by atoms with Crippen LogP contribution < -0.4 is 20.6 Å². The lowest BCUT2D eigenvalue weighted by atomic mass is 10.1. The summed E-state index contributed by atoms with van der Waals surface area (Å²) in [6.07, 6.45) is 1.51. The number of aromatic nitrogens is 2. The van der Waals surface area contributed by atoms with Crippen molar-refractivity contribution in [2.75, 3.05) is 16.6 Å². The van der Waals surface area contributed by atoms with Gasteiger partial charge in [-0.3, -0.25) is 9.52 Å². The standard InChI is InChI=1S/C21H15N5O3S2/c27-21-15(19-16(25-21)8-9-17-20(19)30-12-24-17)11-23-13-4-6-14(7-5-13)31(28,29)26-18-3-1-2-10-22-18/h1-10,12,23H,11H2,(H,22,26). The molecular formula is C21H15N5O3S2. The summed E-state index contributed by atoms with van der Waals surface area (Å²) in [7, 11) is -3.75. The van der Waals surface area contributed by atoms with E-state index in [1.54, 1.807) is 41.9 Å². The number of anilines is 2. The number of thiazole rings is 1. The van der Waals surface area contributed by atoms with E-state index in [1.165, 1.54) is 29.7 Å². The topological polar surface area (TPSA) is 113 Å². The molecule has 1 aliphatic heterocycles. The second-order valence-electron chi connectivity index (χ2n) is 6.75. The summed E-state index contributed by atoms with van der Waals surface area (Å²) in [6.45, 7) is 0.268. The average molecular weight is 450 g/mol. The van der Waals surface area contributed by atoms with Crippen molar-refractivity contribution in [2.45, 2.75) is 4.90 Å². The van der Waals surface area contributed by atoms with Crippen LogP contribution in [-0.4, -0.2) is 30.8 Å². The second-order valence-corrected chi connectivity index (χ2v) is 9.29. The summed E-state index contributed by atoms with van der Waals surface area (Å²) in [5.41, 5.74) is 3.83. The Hall–Kier alpha value is -3.63. The van der Waals surface area contributed by atoms with E-state index in [-0.39, 0.29) is 23.2 Å². The zero-order chi connectivity index (χ0) is 21.4. The highest BCUT2D eigenvalue weighted by Gasteiger charge is 2.19. The number of hydrogen-bond donors (Lipinski definition) is 2. The number of pyridine rings is 1. The fourth-order valence-corrected chi connectivity index (χ4v) is 5.18. The van der Waals surface area contributed by atoms with E-state index in [1.807, 2.05) is 6.07 Å². The Kier molecular flexibility index (Phi) is 4.72. The molecule has 2 N–H and O–H groups in total. The van der Waals surface area contributed by atoms with Gasteiger partial charge < -0.3 is 5.32 Å². The Balaban J connectivity index is 1.37. The number of carbonyl (C=O) groups excluding carboxylic acids is 1. The van der Waals surface area contributed by atoms with Gasteiger partial charge in [-0.25, -0.2) is 23.4 Å². The normalized spacial score (nSPS) is 13.2. The third-order valence-corrected chi connectivity index (χ3v) is 7.03. The van der Waals surface area contributed by atoms with E-state index < -0.39 is 10.0 Å². The molecular weight excluding hydrogens is 434 g/mol. The summed E-state index contributed by atoms with van der Waals surface area (Å²) < 4.78 is 28.4. The van der Waals surface area contributed by atoms with Crippen molar-refractivity contribution in [3.8, 4) is 0 Å². The highest BCUT2D eigenvalue weighted by atomic mass is 32.2. The van der Waals surface area contributed by atoms with Gasteiger partial charge in [-0.2, -0.15) is 0 Å². The molecule has 2 aromatic carbocycles. The Morgan fingerprint density at radius 3 is 2.58 bits per heavy atom. The number of rotatable bonds is 6. The minimum absolute atomic E-state index is 0.111. The average Bonchev–Trinajstić information content (AvgIpc) is 3.36. The largest absolute Gasteiger partial charge is 0.381 e. The van der Waals surface area contributed by atoms with Gasteiger partial charge in [0.15, 0.2) is 0 Å². The van der Waals surface area contributed by atoms with Crippen LogP contribution in [0.2, 0.25) is 0 Å². The minimum atomic E-state index is -3.75. The van der Waals surface area contributed by atoms with Gasteiger partial charge in [0.2, 0.25) is 0 Å². The number of sulfonamides is 1. The quantitative estimate of drug-likeness (QED) is 0.465. The highest BCUT2D eigenvalue weighted by molar-refractivity contribution is 7.92. The number of benzene rings is 2. The first-order valence-electron chi connectivity index (χ1n) is 9.27. The molecule has 0 saturated heterocycles. The van der Waals surface area contributed by atoms with Crippen LogP contribution in [-0.2, 0) is 14.8 Å². The van der Waals surface area contributed by atoms with Crippen molar-refractivity contribution in [1.29, 1.82) is 0 Å². The van der Waals surface area contributed by atoms with Crippen LogP contribution in [0.1, 0.15) is 0 Å². The molecule has 0 atom stereocenters. The lowest BCUT2D eigenvalue weighted by molar-refractivity contribution is -0.112. The fraction of sp³-hybridized carbons (Fsp3) is 0.0476. The third-order valence-electron chi connectivity index (χ3n) is 4.80. The Morgan fingerprint density at radius 2 is 1.81 bits per heavy atom. The summed E-state index contributed by atoms with van der Waals surface area (Å²) in [6, 6.07) is 14.9. The number of nitrogens with zero attached hydrogens (tertiary/aromatic N) is 3. The zero-order valence-corrected chi connectivity index (χ0v) is 17.6. The van der Waals surface area contributed by atoms with E-state index >= 15 is 0 Å². The van der Waals surface area contributed by atoms with Crippen LogP contribution in [0.5, 0.6) is 0 Å². The smallest absolute Gasteiger partial charge is 0.276 e. The zero-order valence-electron chi connectivity index (χ0n) is 15.9. The predicted molar refractivity (Wildman–Crippen MR) is 119 cm³/mol. The first-order chi connectivity index (χ1) is 15.0. The van der Waals surface area contributed by atoms with E-state index in [0.29, 0.717) is 16.6 Å². The number of carbonyl (C=O) groups is 1. The van der Waals surface area contributed by atoms with E-state index in [2.05, 4.69) is 25.0 Å². The van der Waals surface area contributed by atoms with Crippen LogP contribution >= 0.6 is 11.3 Å². The summed E-state index contributed by atoms with van der Waals surface area (Å²) in [5.74, 6) is -0.0280. The third kappa shape index (κ3) is 3.66. The molecule has 1 amide bonds. The van der Waals surface area contributed by atoms with E-state index in [0.717, 1.165) is 15.4 Å². The molecule has 4 aromatic rings. The summed E-state index contributed by atoms with van der Waals surface area (Å²) in [5, 5.41) is 4.65. The molecule has 31 heavy (non-hydrogen) atoms. The van der Waals surface area contributed by atoms with Crippen molar-refractivity contribution in [3.63, 3.8) is 0 Å². The SMILES string of the molecule is O=C1N=c2ccc3ncsc3c2=C1CNc1ccc(S(=O)(=O)Nc2ccccn2)cc1. The van der Waals surface area contributed by atoms with E-state index in [9.17, 15) is 13.2 Å². The maximum absolute atomic E-state index is 12.5. The maximum Gasteiger partial charge on any atom is 0.276 e. The molecule has 0 fully saturated rings. The van der Waals surface area contributed by atoms with Gasteiger partial charge in [-0.1, -0.05) is 6.07 Å². The number of nitrogens with one attached hydrogen (secondary N) is 2. The van der Waals surface area contributed by atoms with Gasteiger partial charge in [-0.05, 0) is 48.5 Å². The second kappa shape index (κ2) is 7.56. The van der Waals surface area contributed by atoms with Crippen molar-refractivity contribution in [1.82, 2.24) is 9.97 Å². The minimum Gasteiger partial charge on any atom is -0.381 e. The number of amides is 1. The molecule has 0 spiro atoms. The molecule has 3 heterocycles. The fourth-order valence-electron chi connectivity index (χ4n) is 3.31. The number of fused-ring (bicyclic) bond motifs is 3. The van der Waals surface area contributed by atoms with Gasteiger partial charge in [-0.15, -0.1) is 11.3 Å². The molecule has 0 unspecified atom stereocenters. The van der Waals surface area contributed by atoms with Gasteiger partial charge in [0.1, 0.15) is 5.82 Å². The molecule has 154 valence electrons. The van der Waals surface area contributed by atoms with Crippen LogP contribution in [0, 0.1) is 0 Å². The molecule has 0 saturated carbocycles.